The van der Waals surface area contributed by atoms with Crippen molar-refractivity contribution in [3.05, 3.63) is 48.0 Å². The van der Waals surface area contributed by atoms with Crippen molar-refractivity contribution in [2.45, 2.75) is 38.5 Å². The minimum absolute atomic E-state index is 0.0108. The number of hydrogen-bond donors (Lipinski definition) is 1. The van der Waals surface area contributed by atoms with Crippen LogP contribution in [0.15, 0.2) is 47.6 Å². The van der Waals surface area contributed by atoms with Crippen molar-refractivity contribution in [2.75, 3.05) is 19.0 Å². The van der Waals surface area contributed by atoms with Crippen LogP contribution < -0.4 is 14.8 Å². The highest BCUT2D eigenvalue weighted by atomic mass is 32.2. The second kappa shape index (κ2) is 9.00. The van der Waals surface area contributed by atoms with Crippen LogP contribution in [-0.4, -0.2) is 34.4 Å². The predicted molar refractivity (Wildman–Crippen MR) is 119 cm³/mol. The summed E-state index contributed by atoms with van der Waals surface area (Å²) in [6.07, 6.45) is 0. The quantitative estimate of drug-likeness (QED) is 0.567. The Labute approximate surface area is 181 Å². The average Bonchev–Trinajstić information content (AvgIpc) is 3.13. The molecule has 0 fully saturated rings. The van der Waals surface area contributed by atoms with Crippen LogP contribution in [0.2, 0.25) is 0 Å². The molecule has 1 atom stereocenters. The summed E-state index contributed by atoms with van der Waals surface area (Å²) >= 11 is 1.47. The van der Waals surface area contributed by atoms with Gasteiger partial charge in [-0.3, -0.25) is 4.79 Å². The summed E-state index contributed by atoms with van der Waals surface area (Å²) in [7, 11) is 0. The van der Waals surface area contributed by atoms with E-state index in [0.717, 1.165) is 39.8 Å². The fraction of sp³-hybridized carbons (Fsp3) is 0.391. The third-order valence-electron chi connectivity index (χ3n) is 5.18. The molecule has 0 spiro atoms. The van der Waals surface area contributed by atoms with E-state index in [0.29, 0.717) is 19.0 Å². The smallest absolute Gasteiger partial charge is 0.230 e. The number of fused-ring (bicyclic) bond motifs is 2. The molecule has 3 aromatic rings. The van der Waals surface area contributed by atoms with Gasteiger partial charge in [0.05, 0.1) is 22.8 Å². The summed E-state index contributed by atoms with van der Waals surface area (Å²) in [5, 5.41) is 4.06. The number of aryl methyl sites for hydroxylation is 1. The highest BCUT2D eigenvalue weighted by Crippen LogP contribution is 2.34. The van der Waals surface area contributed by atoms with Crippen LogP contribution in [0.5, 0.6) is 11.5 Å². The number of para-hydroxylation sites is 2. The van der Waals surface area contributed by atoms with Gasteiger partial charge in [-0.1, -0.05) is 43.8 Å². The van der Waals surface area contributed by atoms with Crippen molar-refractivity contribution in [2.24, 2.45) is 5.92 Å². The Morgan fingerprint density at radius 2 is 1.93 bits per heavy atom. The van der Waals surface area contributed by atoms with Crippen LogP contribution in [0, 0.1) is 5.92 Å². The van der Waals surface area contributed by atoms with Crippen molar-refractivity contribution >= 4 is 28.7 Å². The number of nitrogens with zero attached hydrogens (tertiary/aromatic N) is 2. The summed E-state index contributed by atoms with van der Waals surface area (Å²) < 4.78 is 13.5. The van der Waals surface area contributed by atoms with Crippen molar-refractivity contribution in [3.8, 4) is 11.5 Å². The first-order valence-electron chi connectivity index (χ1n) is 10.3. The van der Waals surface area contributed by atoms with Gasteiger partial charge >= 0.3 is 0 Å². The van der Waals surface area contributed by atoms with Gasteiger partial charge in [-0.05, 0) is 42.7 Å². The molecule has 30 heavy (non-hydrogen) atoms. The molecule has 158 valence electrons. The van der Waals surface area contributed by atoms with Crippen LogP contribution >= 0.6 is 11.8 Å². The molecule has 2 aromatic carbocycles. The van der Waals surface area contributed by atoms with E-state index in [1.807, 2.05) is 36.4 Å². The molecular weight excluding hydrogens is 398 g/mol. The predicted octanol–water partition coefficient (Wildman–Crippen LogP) is 4.43. The van der Waals surface area contributed by atoms with Crippen molar-refractivity contribution in [1.82, 2.24) is 14.9 Å². The molecule has 0 radical (unpaired) electrons. The number of aromatic nitrogens is 2. The van der Waals surface area contributed by atoms with E-state index in [1.54, 1.807) is 0 Å². The number of imidazole rings is 1. The maximum absolute atomic E-state index is 12.8. The lowest BCUT2D eigenvalue weighted by Gasteiger charge is -2.25. The van der Waals surface area contributed by atoms with E-state index in [4.69, 9.17) is 14.5 Å². The third kappa shape index (κ3) is 4.26. The van der Waals surface area contributed by atoms with Gasteiger partial charge in [0.25, 0.3) is 0 Å². The first kappa shape index (κ1) is 20.6. The minimum Gasteiger partial charge on any atom is -0.486 e. The topological polar surface area (TPSA) is 65.4 Å². The van der Waals surface area contributed by atoms with Gasteiger partial charge in [0.15, 0.2) is 16.7 Å². The molecule has 1 N–H and O–H groups in total. The zero-order valence-corrected chi connectivity index (χ0v) is 18.4. The number of carbonyl (C=O) groups is 1. The maximum atomic E-state index is 12.8. The van der Waals surface area contributed by atoms with Gasteiger partial charge in [-0.15, -0.1) is 0 Å². The number of benzene rings is 2. The number of carbonyl (C=O) groups excluding carboxylic acids is 1. The average molecular weight is 426 g/mol. The minimum atomic E-state index is -0.0982. The van der Waals surface area contributed by atoms with Crippen LogP contribution in [0.3, 0.4) is 0 Å². The van der Waals surface area contributed by atoms with Crippen LogP contribution in [0.4, 0.5) is 0 Å². The lowest BCUT2D eigenvalue weighted by atomic mass is 9.95. The van der Waals surface area contributed by atoms with Gasteiger partial charge in [-0.2, -0.15) is 0 Å². The lowest BCUT2D eigenvalue weighted by molar-refractivity contribution is -0.119. The Morgan fingerprint density at radius 1 is 1.17 bits per heavy atom. The van der Waals surface area contributed by atoms with Gasteiger partial charge in [0, 0.05) is 6.54 Å². The molecule has 0 aliphatic carbocycles. The van der Waals surface area contributed by atoms with E-state index in [1.165, 1.54) is 11.8 Å². The van der Waals surface area contributed by atoms with E-state index in [2.05, 4.69) is 36.7 Å². The SMILES string of the molecule is CCn1c(SCC(=O)NC(c2ccc3c(c2)OCCO3)C(C)C)nc2ccccc21. The molecular formula is C23H27N3O3S. The Bertz CT molecular complexity index is 1050. The zero-order chi connectivity index (χ0) is 21.1. The molecule has 1 aliphatic rings. The Kier molecular flexibility index (Phi) is 6.18. The van der Waals surface area contributed by atoms with Crippen LogP contribution in [-0.2, 0) is 11.3 Å². The molecule has 0 bridgehead atoms. The van der Waals surface area contributed by atoms with Gasteiger partial charge in [-0.25, -0.2) is 4.98 Å². The Morgan fingerprint density at radius 3 is 2.70 bits per heavy atom. The molecule has 0 saturated heterocycles. The van der Waals surface area contributed by atoms with E-state index in [-0.39, 0.29) is 17.9 Å². The molecule has 2 heterocycles. The first-order valence-corrected chi connectivity index (χ1v) is 11.3. The standard InChI is InChI=1S/C23H27N3O3S/c1-4-26-18-8-6-5-7-17(18)24-23(26)30-14-21(27)25-22(15(2)3)16-9-10-19-20(13-16)29-12-11-28-19/h5-10,13,15,22H,4,11-12,14H2,1-3H3,(H,25,27). The lowest BCUT2D eigenvalue weighted by Crippen LogP contribution is -2.33. The fourth-order valence-electron chi connectivity index (χ4n) is 3.70. The Balaban J connectivity index is 1.45. The molecule has 7 heteroatoms. The number of hydrogen-bond acceptors (Lipinski definition) is 5. The number of rotatable bonds is 7. The van der Waals surface area contributed by atoms with Crippen LogP contribution in [0.1, 0.15) is 32.4 Å². The third-order valence-corrected chi connectivity index (χ3v) is 6.15. The molecule has 0 saturated carbocycles. The largest absolute Gasteiger partial charge is 0.486 e. The number of amides is 1. The van der Waals surface area contributed by atoms with E-state index < -0.39 is 0 Å². The van der Waals surface area contributed by atoms with Gasteiger partial charge in [0.2, 0.25) is 5.91 Å². The highest BCUT2D eigenvalue weighted by Gasteiger charge is 2.22. The number of ether oxygens (including phenoxy) is 2. The highest BCUT2D eigenvalue weighted by molar-refractivity contribution is 7.99. The normalized spacial score (nSPS) is 14.1. The zero-order valence-electron chi connectivity index (χ0n) is 17.6. The van der Waals surface area contributed by atoms with Crippen molar-refractivity contribution < 1.29 is 14.3 Å². The fourth-order valence-corrected chi connectivity index (χ4v) is 4.59. The van der Waals surface area contributed by atoms with Crippen molar-refractivity contribution in [3.63, 3.8) is 0 Å². The van der Waals surface area contributed by atoms with Gasteiger partial charge in [0.1, 0.15) is 13.2 Å². The van der Waals surface area contributed by atoms with Gasteiger partial charge < -0.3 is 19.4 Å². The van der Waals surface area contributed by atoms with E-state index in [9.17, 15) is 4.79 Å². The maximum Gasteiger partial charge on any atom is 0.230 e. The molecule has 1 amide bonds. The molecule has 1 aliphatic heterocycles. The first-order chi connectivity index (χ1) is 14.6. The number of thioether (sulfide) groups is 1. The summed E-state index contributed by atoms with van der Waals surface area (Å²) in [6.45, 7) is 8.22. The monoisotopic (exact) mass is 425 g/mol. The summed E-state index contributed by atoms with van der Waals surface area (Å²) in [5.41, 5.74) is 3.08. The summed E-state index contributed by atoms with van der Waals surface area (Å²) in [5.74, 6) is 2.04. The van der Waals surface area contributed by atoms with Crippen molar-refractivity contribution in [1.29, 1.82) is 0 Å². The Hall–Kier alpha value is -2.67. The second-order valence-corrected chi connectivity index (χ2v) is 8.55. The molecule has 1 unspecified atom stereocenters. The van der Waals surface area contributed by atoms with E-state index >= 15 is 0 Å². The summed E-state index contributed by atoms with van der Waals surface area (Å²) in [4.78, 5) is 17.5. The summed E-state index contributed by atoms with van der Waals surface area (Å²) in [6, 6.07) is 13.9. The number of nitrogens with one attached hydrogen (secondary N) is 1. The second-order valence-electron chi connectivity index (χ2n) is 7.61. The molecule has 1 aromatic heterocycles. The van der Waals surface area contributed by atoms with Crippen LogP contribution in [0.25, 0.3) is 11.0 Å². The molecule has 4 rings (SSSR count). The molecule has 6 nitrogen and oxygen atoms in total.